The average Bonchev–Trinajstić information content (AvgIpc) is 3.32. The van der Waals surface area contributed by atoms with Gasteiger partial charge in [-0.25, -0.2) is 0 Å². The Morgan fingerprint density at radius 3 is 2.56 bits per heavy atom. The van der Waals surface area contributed by atoms with E-state index in [2.05, 4.69) is 21.6 Å². The third-order valence-electron chi connectivity index (χ3n) is 4.88. The van der Waals surface area contributed by atoms with Crippen LogP contribution in [0.15, 0.2) is 42.5 Å². The second kappa shape index (κ2) is 6.40. The Morgan fingerprint density at radius 1 is 1.12 bits per heavy atom. The standard InChI is InChI=1S/C20H18N4O/c21-12-13-5-7-14(8-6-13)16-9-10-17-18(11-16)23-24-19(17)22-20(25)15-3-1-2-4-15/h5-11,15H,1-4H2,(H2,22,23,24,25). The van der Waals surface area contributed by atoms with E-state index in [0.29, 0.717) is 11.4 Å². The molecule has 2 N–H and O–H groups in total. The van der Waals surface area contributed by atoms with Gasteiger partial charge in [-0.2, -0.15) is 10.4 Å². The van der Waals surface area contributed by atoms with Crippen molar-refractivity contribution in [2.24, 2.45) is 5.92 Å². The first kappa shape index (κ1) is 15.4. The van der Waals surface area contributed by atoms with Crippen LogP contribution >= 0.6 is 0 Å². The van der Waals surface area contributed by atoms with Crippen molar-refractivity contribution in [3.05, 3.63) is 48.0 Å². The largest absolute Gasteiger partial charge is 0.308 e. The molecule has 25 heavy (non-hydrogen) atoms. The number of nitrogens with one attached hydrogen (secondary N) is 2. The molecule has 1 fully saturated rings. The number of nitriles is 1. The highest BCUT2D eigenvalue weighted by Crippen LogP contribution is 2.29. The molecular formula is C20H18N4O. The lowest BCUT2D eigenvalue weighted by atomic mass is 10.0. The molecule has 124 valence electrons. The lowest BCUT2D eigenvalue weighted by molar-refractivity contribution is -0.119. The number of carbonyl (C=O) groups is 1. The summed E-state index contributed by atoms with van der Waals surface area (Å²) in [7, 11) is 0. The lowest BCUT2D eigenvalue weighted by Gasteiger charge is -2.08. The van der Waals surface area contributed by atoms with E-state index in [-0.39, 0.29) is 11.8 Å². The van der Waals surface area contributed by atoms with Crippen molar-refractivity contribution in [3.8, 4) is 17.2 Å². The molecular weight excluding hydrogens is 312 g/mol. The summed E-state index contributed by atoms with van der Waals surface area (Å²) < 4.78 is 0. The number of hydrogen-bond acceptors (Lipinski definition) is 3. The van der Waals surface area contributed by atoms with Crippen LogP contribution in [0.3, 0.4) is 0 Å². The van der Waals surface area contributed by atoms with Crippen LogP contribution in [0.4, 0.5) is 5.82 Å². The Labute approximate surface area is 145 Å². The molecule has 0 aliphatic heterocycles. The van der Waals surface area contributed by atoms with E-state index in [1.165, 1.54) is 0 Å². The van der Waals surface area contributed by atoms with E-state index in [1.54, 1.807) is 12.1 Å². The maximum absolute atomic E-state index is 12.3. The monoisotopic (exact) mass is 330 g/mol. The number of carbonyl (C=O) groups excluding carboxylic acids is 1. The molecule has 5 nitrogen and oxygen atoms in total. The Balaban J connectivity index is 1.60. The average molecular weight is 330 g/mol. The number of anilines is 1. The van der Waals surface area contributed by atoms with Gasteiger partial charge in [-0.3, -0.25) is 9.89 Å². The van der Waals surface area contributed by atoms with Gasteiger partial charge in [0.15, 0.2) is 5.82 Å². The summed E-state index contributed by atoms with van der Waals surface area (Å²) in [5.41, 5.74) is 3.59. The van der Waals surface area contributed by atoms with Crippen molar-refractivity contribution >= 4 is 22.6 Å². The summed E-state index contributed by atoms with van der Waals surface area (Å²) in [5.74, 6) is 0.782. The second-order valence-corrected chi connectivity index (χ2v) is 6.49. The van der Waals surface area contributed by atoms with Gasteiger partial charge >= 0.3 is 0 Å². The molecule has 1 aliphatic carbocycles. The molecule has 0 bridgehead atoms. The number of aromatic amines is 1. The van der Waals surface area contributed by atoms with Gasteiger partial charge < -0.3 is 5.32 Å². The highest BCUT2D eigenvalue weighted by Gasteiger charge is 2.23. The second-order valence-electron chi connectivity index (χ2n) is 6.49. The first-order chi connectivity index (χ1) is 12.2. The maximum Gasteiger partial charge on any atom is 0.228 e. The summed E-state index contributed by atoms with van der Waals surface area (Å²) in [6, 6.07) is 15.6. The Morgan fingerprint density at radius 2 is 1.84 bits per heavy atom. The van der Waals surface area contributed by atoms with Crippen molar-refractivity contribution in [3.63, 3.8) is 0 Å². The molecule has 5 heteroatoms. The predicted molar refractivity (Wildman–Crippen MR) is 96.8 cm³/mol. The molecule has 1 aliphatic rings. The van der Waals surface area contributed by atoms with Gasteiger partial charge in [-0.05, 0) is 48.2 Å². The van der Waals surface area contributed by atoms with Gasteiger partial charge in [-0.1, -0.05) is 31.0 Å². The fraction of sp³-hybridized carbons (Fsp3) is 0.250. The van der Waals surface area contributed by atoms with Gasteiger partial charge in [0, 0.05) is 11.3 Å². The number of nitrogens with zero attached hydrogens (tertiary/aromatic N) is 2. The zero-order valence-electron chi connectivity index (χ0n) is 13.7. The fourth-order valence-corrected chi connectivity index (χ4v) is 3.44. The van der Waals surface area contributed by atoms with Gasteiger partial charge in [0.2, 0.25) is 5.91 Å². The molecule has 3 aromatic rings. The van der Waals surface area contributed by atoms with E-state index in [0.717, 1.165) is 47.7 Å². The van der Waals surface area contributed by atoms with Crippen LogP contribution in [0, 0.1) is 17.2 Å². The van der Waals surface area contributed by atoms with Crippen molar-refractivity contribution in [1.29, 1.82) is 5.26 Å². The highest BCUT2D eigenvalue weighted by atomic mass is 16.2. The number of amides is 1. The SMILES string of the molecule is N#Cc1ccc(-c2ccc3c(NC(=O)C4CCCC4)n[nH]c3c2)cc1. The summed E-state index contributed by atoms with van der Waals surface area (Å²) in [6.45, 7) is 0. The van der Waals surface area contributed by atoms with Gasteiger partial charge in [0.1, 0.15) is 0 Å². The number of rotatable bonds is 3. The minimum atomic E-state index is 0.0714. The highest BCUT2D eigenvalue weighted by molar-refractivity contribution is 6.01. The van der Waals surface area contributed by atoms with Gasteiger partial charge in [-0.15, -0.1) is 0 Å². The number of hydrogen-bond donors (Lipinski definition) is 2. The van der Waals surface area contributed by atoms with Crippen LogP contribution in [0.2, 0.25) is 0 Å². The third kappa shape index (κ3) is 2.99. The summed E-state index contributed by atoms with van der Waals surface area (Å²) in [5, 5.41) is 20.0. The van der Waals surface area contributed by atoms with Crippen LogP contribution in [-0.4, -0.2) is 16.1 Å². The molecule has 0 radical (unpaired) electrons. The normalized spacial score (nSPS) is 14.5. The molecule has 4 rings (SSSR count). The number of fused-ring (bicyclic) bond motifs is 1. The van der Waals surface area contributed by atoms with Gasteiger partial charge in [0.25, 0.3) is 0 Å². The zero-order chi connectivity index (χ0) is 17.2. The van der Waals surface area contributed by atoms with Crippen molar-refractivity contribution in [2.45, 2.75) is 25.7 Å². The Bertz CT molecular complexity index is 960. The Hall–Kier alpha value is -3.13. The first-order valence-electron chi connectivity index (χ1n) is 8.54. The number of benzene rings is 2. The minimum Gasteiger partial charge on any atom is -0.308 e. The summed E-state index contributed by atoms with van der Waals surface area (Å²) in [6.07, 6.45) is 4.20. The van der Waals surface area contributed by atoms with Crippen LogP contribution in [-0.2, 0) is 4.79 Å². The minimum absolute atomic E-state index is 0.0714. The predicted octanol–water partition coefficient (Wildman–Crippen LogP) is 4.23. The zero-order valence-corrected chi connectivity index (χ0v) is 13.7. The number of aromatic nitrogens is 2. The smallest absolute Gasteiger partial charge is 0.228 e. The van der Waals surface area contributed by atoms with Crippen molar-refractivity contribution in [1.82, 2.24) is 10.2 Å². The fourth-order valence-electron chi connectivity index (χ4n) is 3.44. The van der Waals surface area contributed by atoms with E-state index < -0.39 is 0 Å². The molecule has 1 amide bonds. The molecule has 1 aromatic heterocycles. The van der Waals surface area contributed by atoms with E-state index in [4.69, 9.17) is 5.26 Å². The van der Waals surface area contributed by atoms with Crippen molar-refractivity contribution < 1.29 is 4.79 Å². The lowest BCUT2D eigenvalue weighted by Crippen LogP contribution is -2.20. The van der Waals surface area contributed by atoms with E-state index in [9.17, 15) is 4.79 Å². The molecule has 2 aromatic carbocycles. The van der Waals surface area contributed by atoms with E-state index >= 15 is 0 Å². The maximum atomic E-state index is 12.3. The van der Waals surface area contributed by atoms with Crippen molar-refractivity contribution in [2.75, 3.05) is 5.32 Å². The number of H-pyrrole nitrogens is 1. The molecule has 1 heterocycles. The topological polar surface area (TPSA) is 81.6 Å². The van der Waals surface area contributed by atoms with Crippen LogP contribution in [0.25, 0.3) is 22.0 Å². The molecule has 0 atom stereocenters. The third-order valence-corrected chi connectivity index (χ3v) is 4.88. The van der Waals surface area contributed by atoms with Crippen LogP contribution in [0.1, 0.15) is 31.2 Å². The first-order valence-corrected chi connectivity index (χ1v) is 8.54. The molecule has 0 unspecified atom stereocenters. The summed E-state index contributed by atoms with van der Waals surface area (Å²) >= 11 is 0. The molecule has 1 saturated carbocycles. The van der Waals surface area contributed by atoms with Crippen LogP contribution in [0.5, 0.6) is 0 Å². The summed E-state index contributed by atoms with van der Waals surface area (Å²) in [4.78, 5) is 12.3. The molecule has 0 saturated heterocycles. The Kier molecular flexibility index (Phi) is 3.95. The quantitative estimate of drug-likeness (QED) is 0.754. The van der Waals surface area contributed by atoms with Crippen LogP contribution < -0.4 is 5.32 Å². The van der Waals surface area contributed by atoms with Gasteiger partial charge in [0.05, 0.1) is 17.1 Å². The molecule has 0 spiro atoms. The van der Waals surface area contributed by atoms with E-state index in [1.807, 2.05) is 30.3 Å².